The lowest BCUT2D eigenvalue weighted by atomic mass is 9.81. The molecule has 2 fully saturated rings. The molecule has 0 amide bonds. The Balaban J connectivity index is 2.02. The second-order valence-electron chi connectivity index (χ2n) is 5.35. The Labute approximate surface area is 109 Å². The van der Waals surface area contributed by atoms with Crippen LogP contribution in [0.1, 0.15) is 32.1 Å². The Kier molecular flexibility index (Phi) is 3.95. The number of sulfonamides is 1. The Bertz CT molecular complexity index is 427. The smallest absolute Gasteiger partial charge is 0.211 e. The van der Waals surface area contributed by atoms with Crippen molar-refractivity contribution in [2.45, 2.75) is 37.6 Å². The second-order valence-corrected chi connectivity index (χ2v) is 7.34. The standard InChI is InChI=1S/C12H21N3O2S/c1-18(16,17)15-9-7-14(8-10-15)12(11-13)5-3-2-4-6-12/h2-10H2,1H3. The van der Waals surface area contributed by atoms with Gasteiger partial charge in [0.05, 0.1) is 12.3 Å². The molecule has 0 aromatic heterocycles. The highest BCUT2D eigenvalue weighted by Gasteiger charge is 2.40. The van der Waals surface area contributed by atoms with Gasteiger partial charge in [-0.1, -0.05) is 19.3 Å². The number of hydrogen-bond acceptors (Lipinski definition) is 4. The van der Waals surface area contributed by atoms with Crippen LogP contribution in [0.25, 0.3) is 0 Å². The maximum absolute atomic E-state index is 11.5. The van der Waals surface area contributed by atoms with Gasteiger partial charge in [-0.3, -0.25) is 4.90 Å². The van der Waals surface area contributed by atoms with Crippen LogP contribution in [-0.2, 0) is 10.0 Å². The molecule has 18 heavy (non-hydrogen) atoms. The second kappa shape index (κ2) is 5.16. The summed E-state index contributed by atoms with van der Waals surface area (Å²) in [5.74, 6) is 0. The average Bonchev–Trinajstić information content (AvgIpc) is 2.39. The van der Waals surface area contributed by atoms with Gasteiger partial charge in [0.2, 0.25) is 10.0 Å². The Morgan fingerprint density at radius 2 is 1.61 bits per heavy atom. The van der Waals surface area contributed by atoms with Crippen LogP contribution in [0.15, 0.2) is 0 Å². The van der Waals surface area contributed by atoms with Gasteiger partial charge in [0, 0.05) is 26.2 Å². The summed E-state index contributed by atoms with van der Waals surface area (Å²) in [5, 5.41) is 9.50. The van der Waals surface area contributed by atoms with Gasteiger partial charge in [-0.25, -0.2) is 8.42 Å². The molecule has 5 nitrogen and oxygen atoms in total. The maximum atomic E-state index is 11.5. The summed E-state index contributed by atoms with van der Waals surface area (Å²) in [6.07, 6.45) is 6.56. The molecule has 2 rings (SSSR count). The van der Waals surface area contributed by atoms with Crippen LogP contribution >= 0.6 is 0 Å². The van der Waals surface area contributed by atoms with Crippen molar-refractivity contribution in [2.24, 2.45) is 0 Å². The summed E-state index contributed by atoms with van der Waals surface area (Å²) in [6.45, 7) is 2.39. The minimum atomic E-state index is -3.08. The monoisotopic (exact) mass is 271 g/mol. The fourth-order valence-electron chi connectivity index (χ4n) is 3.08. The Hall–Kier alpha value is -0.640. The molecule has 2 aliphatic rings. The highest BCUT2D eigenvalue weighted by molar-refractivity contribution is 7.88. The lowest BCUT2D eigenvalue weighted by Gasteiger charge is -2.45. The number of rotatable bonds is 2. The molecule has 0 bridgehead atoms. The van der Waals surface area contributed by atoms with Crippen molar-refractivity contribution in [3.63, 3.8) is 0 Å². The van der Waals surface area contributed by atoms with Gasteiger partial charge in [0.1, 0.15) is 5.54 Å². The molecule has 0 radical (unpaired) electrons. The highest BCUT2D eigenvalue weighted by Crippen LogP contribution is 2.33. The van der Waals surface area contributed by atoms with E-state index in [2.05, 4.69) is 11.0 Å². The molecule has 102 valence electrons. The lowest BCUT2D eigenvalue weighted by Crippen LogP contribution is -2.57. The minimum Gasteiger partial charge on any atom is -0.283 e. The third-order valence-corrected chi connectivity index (χ3v) is 5.50. The summed E-state index contributed by atoms with van der Waals surface area (Å²) in [4.78, 5) is 2.20. The SMILES string of the molecule is CS(=O)(=O)N1CCN(C2(C#N)CCCCC2)CC1. The van der Waals surface area contributed by atoms with E-state index in [4.69, 9.17) is 0 Å². The van der Waals surface area contributed by atoms with Crippen LogP contribution in [0.4, 0.5) is 0 Å². The molecule has 1 saturated heterocycles. The van der Waals surface area contributed by atoms with Crippen LogP contribution in [0, 0.1) is 11.3 Å². The van der Waals surface area contributed by atoms with E-state index in [1.807, 2.05) is 0 Å². The van der Waals surface area contributed by atoms with Gasteiger partial charge in [-0.15, -0.1) is 0 Å². The molecule has 0 unspecified atom stereocenters. The summed E-state index contributed by atoms with van der Waals surface area (Å²) in [5.41, 5.74) is -0.332. The van der Waals surface area contributed by atoms with Gasteiger partial charge in [-0.05, 0) is 12.8 Å². The van der Waals surface area contributed by atoms with Gasteiger partial charge >= 0.3 is 0 Å². The van der Waals surface area contributed by atoms with Crippen molar-refractivity contribution >= 4 is 10.0 Å². The number of nitriles is 1. The fraction of sp³-hybridized carbons (Fsp3) is 0.917. The van der Waals surface area contributed by atoms with E-state index >= 15 is 0 Å². The molecule has 0 aromatic rings. The molecule has 0 atom stereocenters. The normalized spacial score (nSPS) is 26.7. The predicted octanol–water partition coefficient (Wildman–Crippen LogP) is 0.790. The van der Waals surface area contributed by atoms with Crippen LogP contribution in [-0.4, -0.2) is 55.6 Å². The Morgan fingerprint density at radius 3 is 2.06 bits per heavy atom. The zero-order valence-corrected chi connectivity index (χ0v) is 11.7. The van der Waals surface area contributed by atoms with E-state index in [1.54, 1.807) is 0 Å². The molecular weight excluding hydrogens is 250 g/mol. The van der Waals surface area contributed by atoms with Crippen LogP contribution in [0.2, 0.25) is 0 Å². The average molecular weight is 271 g/mol. The Morgan fingerprint density at radius 1 is 1.06 bits per heavy atom. The molecule has 6 heteroatoms. The van der Waals surface area contributed by atoms with E-state index in [0.717, 1.165) is 25.7 Å². The summed E-state index contributed by atoms with van der Waals surface area (Å²) >= 11 is 0. The van der Waals surface area contributed by atoms with Crippen molar-refractivity contribution in [3.8, 4) is 6.07 Å². The molecule has 1 saturated carbocycles. The third kappa shape index (κ3) is 2.68. The summed E-state index contributed by atoms with van der Waals surface area (Å²) in [6, 6.07) is 2.50. The van der Waals surface area contributed by atoms with Crippen molar-refractivity contribution < 1.29 is 8.42 Å². The summed E-state index contributed by atoms with van der Waals surface area (Å²) < 4.78 is 24.4. The molecule has 1 aliphatic carbocycles. The van der Waals surface area contributed by atoms with Crippen molar-refractivity contribution in [1.82, 2.24) is 9.21 Å². The first-order chi connectivity index (χ1) is 8.48. The van der Waals surface area contributed by atoms with Gasteiger partial charge in [-0.2, -0.15) is 9.57 Å². The molecule has 0 N–H and O–H groups in total. The largest absolute Gasteiger partial charge is 0.283 e. The summed E-state index contributed by atoms with van der Waals surface area (Å²) in [7, 11) is -3.08. The number of piperazine rings is 1. The van der Waals surface area contributed by atoms with E-state index in [0.29, 0.717) is 26.2 Å². The highest BCUT2D eigenvalue weighted by atomic mass is 32.2. The number of hydrogen-bond donors (Lipinski definition) is 0. The van der Waals surface area contributed by atoms with Crippen molar-refractivity contribution in [1.29, 1.82) is 5.26 Å². The molecular formula is C12H21N3O2S. The first-order valence-corrected chi connectivity index (χ1v) is 8.44. The predicted molar refractivity (Wildman–Crippen MR) is 69.4 cm³/mol. The van der Waals surface area contributed by atoms with Gasteiger partial charge in [0.25, 0.3) is 0 Å². The van der Waals surface area contributed by atoms with Gasteiger partial charge < -0.3 is 0 Å². The molecule has 0 spiro atoms. The van der Waals surface area contributed by atoms with E-state index < -0.39 is 10.0 Å². The maximum Gasteiger partial charge on any atom is 0.211 e. The quantitative estimate of drug-likeness (QED) is 0.745. The van der Waals surface area contributed by atoms with E-state index in [9.17, 15) is 13.7 Å². The fourth-order valence-corrected chi connectivity index (χ4v) is 3.91. The van der Waals surface area contributed by atoms with Crippen LogP contribution in [0.3, 0.4) is 0 Å². The van der Waals surface area contributed by atoms with Crippen LogP contribution < -0.4 is 0 Å². The third-order valence-electron chi connectivity index (χ3n) is 4.20. The lowest BCUT2D eigenvalue weighted by molar-refractivity contribution is 0.0645. The van der Waals surface area contributed by atoms with Crippen molar-refractivity contribution in [3.05, 3.63) is 0 Å². The van der Waals surface area contributed by atoms with Gasteiger partial charge in [0.15, 0.2) is 0 Å². The first kappa shape index (κ1) is 13.8. The topological polar surface area (TPSA) is 64.4 Å². The first-order valence-electron chi connectivity index (χ1n) is 6.59. The molecule has 1 heterocycles. The zero-order valence-electron chi connectivity index (χ0n) is 10.9. The van der Waals surface area contributed by atoms with E-state index in [-0.39, 0.29) is 5.54 Å². The van der Waals surface area contributed by atoms with E-state index in [1.165, 1.54) is 17.0 Å². The van der Waals surface area contributed by atoms with Crippen LogP contribution in [0.5, 0.6) is 0 Å². The van der Waals surface area contributed by atoms with Crippen molar-refractivity contribution in [2.75, 3.05) is 32.4 Å². The number of nitrogens with zero attached hydrogens (tertiary/aromatic N) is 3. The molecule has 1 aliphatic heterocycles. The zero-order chi connectivity index (χ0) is 13.2. The minimum absolute atomic E-state index is 0.332. The molecule has 0 aromatic carbocycles.